The van der Waals surface area contributed by atoms with E-state index in [1.54, 1.807) is 7.11 Å². The molecule has 1 amide bonds. The van der Waals surface area contributed by atoms with E-state index in [0.717, 1.165) is 6.54 Å². The summed E-state index contributed by atoms with van der Waals surface area (Å²) in [7, 11) is 1.63. The number of ether oxygens (including phenoxy) is 1. The van der Waals surface area contributed by atoms with Crippen molar-refractivity contribution in [3.05, 3.63) is 24.0 Å². The first-order valence-corrected chi connectivity index (χ1v) is 6.98. The molecule has 5 nitrogen and oxygen atoms in total. The van der Waals surface area contributed by atoms with Gasteiger partial charge in [-0.2, -0.15) is 0 Å². The Hall–Kier alpha value is -1.33. The number of carbonyl (C=O) groups excluding carboxylic acids is 1. The molecule has 0 aliphatic carbocycles. The van der Waals surface area contributed by atoms with Crippen LogP contribution >= 0.6 is 0 Å². The normalized spacial score (nSPS) is 13.2. The topological polar surface area (TPSA) is 55.3 Å². The van der Waals surface area contributed by atoms with Gasteiger partial charge < -0.3 is 19.9 Å². The Morgan fingerprint density at radius 1 is 1.45 bits per heavy atom. The smallest absolute Gasteiger partial charge is 0.240 e. The van der Waals surface area contributed by atoms with Gasteiger partial charge in [0.05, 0.1) is 6.61 Å². The first-order chi connectivity index (χ1) is 9.30. The van der Waals surface area contributed by atoms with E-state index in [-0.39, 0.29) is 17.5 Å². The van der Waals surface area contributed by atoms with E-state index in [1.165, 1.54) is 5.56 Å². The minimum atomic E-state index is 0.000445. The number of hydrogen-bond donors (Lipinski definition) is 2. The van der Waals surface area contributed by atoms with Crippen LogP contribution in [0.2, 0.25) is 0 Å². The summed E-state index contributed by atoms with van der Waals surface area (Å²) in [6.07, 6.45) is 3.93. The summed E-state index contributed by atoms with van der Waals surface area (Å²) < 4.78 is 6.89. The third kappa shape index (κ3) is 6.73. The van der Waals surface area contributed by atoms with Crippen LogP contribution in [0.25, 0.3) is 0 Å². The average Bonchev–Trinajstić information content (AvgIpc) is 2.73. The van der Waals surface area contributed by atoms with Gasteiger partial charge in [0.1, 0.15) is 6.54 Å². The van der Waals surface area contributed by atoms with Crippen molar-refractivity contribution in [1.82, 2.24) is 15.2 Å². The molecule has 0 radical (unpaired) electrons. The number of aromatic nitrogens is 1. The molecule has 0 aromatic carbocycles. The van der Waals surface area contributed by atoms with Crippen molar-refractivity contribution in [2.75, 3.05) is 13.7 Å². The zero-order valence-corrected chi connectivity index (χ0v) is 13.2. The van der Waals surface area contributed by atoms with E-state index in [4.69, 9.17) is 4.74 Å². The van der Waals surface area contributed by atoms with Crippen LogP contribution in [-0.2, 0) is 22.6 Å². The van der Waals surface area contributed by atoms with Crippen molar-refractivity contribution in [3.63, 3.8) is 0 Å². The Morgan fingerprint density at radius 3 is 2.75 bits per heavy atom. The summed E-state index contributed by atoms with van der Waals surface area (Å²) >= 11 is 0. The molecule has 114 valence electrons. The molecule has 0 saturated carbocycles. The first kappa shape index (κ1) is 16.7. The fraction of sp³-hybridized carbons (Fsp3) is 0.667. The highest BCUT2D eigenvalue weighted by molar-refractivity contribution is 5.76. The summed E-state index contributed by atoms with van der Waals surface area (Å²) in [5.41, 5.74) is 1.27. The predicted octanol–water partition coefficient (Wildman–Crippen LogP) is 1.53. The molecule has 1 rings (SSSR count). The first-order valence-electron chi connectivity index (χ1n) is 6.98. The number of carbonyl (C=O) groups is 1. The second kappa shape index (κ2) is 7.45. The second-order valence-electron chi connectivity index (χ2n) is 6.22. The largest absolute Gasteiger partial charge is 0.383 e. The molecule has 1 aromatic heterocycles. The lowest BCUT2D eigenvalue weighted by Gasteiger charge is -2.19. The standard InChI is InChI=1S/C15H27N3O2/c1-12(11-20-5)17-14(19)10-18-7-6-13(9-18)8-16-15(2,3)4/h6-7,9,12,16H,8,10-11H2,1-5H3,(H,17,19). The third-order valence-corrected chi connectivity index (χ3v) is 2.78. The molecular weight excluding hydrogens is 254 g/mol. The van der Waals surface area contributed by atoms with Crippen LogP contribution in [-0.4, -0.2) is 35.8 Å². The number of nitrogens with zero attached hydrogens (tertiary/aromatic N) is 1. The lowest BCUT2D eigenvalue weighted by molar-refractivity contribution is -0.122. The molecule has 20 heavy (non-hydrogen) atoms. The van der Waals surface area contributed by atoms with Gasteiger partial charge in [-0.3, -0.25) is 4.79 Å². The second-order valence-corrected chi connectivity index (χ2v) is 6.22. The third-order valence-electron chi connectivity index (χ3n) is 2.78. The molecule has 0 spiro atoms. The highest BCUT2D eigenvalue weighted by Crippen LogP contribution is 2.05. The highest BCUT2D eigenvalue weighted by atomic mass is 16.5. The molecule has 0 fully saturated rings. The van der Waals surface area contributed by atoms with Crippen molar-refractivity contribution in [2.24, 2.45) is 0 Å². The monoisotopic (exact) mass is 281 g/mol. The van der Waals surface area contributed by atoms with Crippen molar-refractivity contribution >= 4 is 5.91 Å². The van der Waals surface area contributed by atoms with E-state index in [1.807, 2.05) is 30.0 Å². The Kier molecular flexibility index (Phi) is 6.23. The van der Waals surface area contributed by atoms with Gasteiger partial charge in [0, 0.05) is 37.6 Å². The van der Waals surface area contributed by atoms with Crippen molar-refractivity contribution < 1.29 is 9.53 Å². The van der Waals surface area contributed by atoms with Crippen LogP contribution in [0.1, 0.15) is 33.3 Å². The van der Waals surface area contributed by atoms with E-state index >= 15 is 0 Å². The number of nitrogens with one attached hydrogen (secondary N) is 2. The van der Waals surface area contributed by atoms with Gasteiger partial charge in [-0.05, 0) is 39.3 Å². The molecule has 1 unspecified atom stereocenters. The molecule has 1 aromatic rings. The van der Waals surface area contributed by atoms with E-state index in [2.05, 4.69) is 31.4 Å². The Bertz CT molecular complexity index is 421. The molecule has 5 heteroatoms. The van der Waals surface area contributed by atoms with Gasteiger partial charge in [-0.1, -0.05) is 0 Å². The minimum Gasteiger partial charge on any atom is -0.383 e. The van der Waals surface area contributed by atoms with Crippen molar-refractivity contribution in [3.8, 4) is 0 Å². The maximum Gasteiger partial charge on any atom is 0.240 e. The summed E-state index contributed by atoms with van der Waals surface area (Å²) in [5.74, 6) is 0.000445. The zero-order valence-electron chi connectivity index (χ0n) is 13.2. The maximum absolute atomic E-state index is 11.8. The minimum absolute atomic E-state index is 0.000445. The average molecular weight is 281 g/mol. The number of rotatable bonds is 7. The Balaban J connectivity index is 2.41. The molecule has 0 aliphatic heterocycles. The van der Waals surface area contributed by atoms with Gasteiger partial charge in [0.25, 0.3) is 0 Å². The number of amides is 1. The SMILES string of the molecule is COCC(C)NC(=O)Cn1ccc(CNC(C)(C)C)c1. The van der Waals surface area contributed by atoms with Crippen LogP contribution in [0.3, 0.4) is 0 Å². The lowest BCUT2D eigenvalue weighted by Crippen LogP contribution is -2.37. The van der Waals surface area contributed by atoms with Crippen LogP contribution in [0, 0.1) is 0 Å². The highest BCUT2D eigenvalue weighted by Gasteiger charge is 2.10. The Morgan fingerprint density at radius 2 is 2.15 bits per heavy atom. The molecular formula is C15H27N3O2. The van der Waals surface area contributed by atoms with E-state index in [0.29, 0.717) is 13.2 Å². The van der Waals surface area contributed by atoms with Gasteiger partial charge in [-0.25, -0.2) is 0 Å². The van der Waals surface area contributed by atoms with E-state index < -0.39 is 0 Å². The maximum atomic E-state index is 11.8. The lowest BCUT2D eigenvalue weighted by atomic mass is 10.1. The van der Waals surface area contributed by atoms with E-state index in [9.17, 15) is 4.79 Å². The molecule has 2 N–H and O–H groups in total. The van der Waals surface area contributed by atoms with Gasteiger partial charge in [0.15, 0.2) is 0 Å². The number of methoxy groups -OCH3 is 1. The Labute approximate surface area is 121 Å². The summed E-state index contributed by atoms with van der Waals surface area (Å²) in [6, 6.07) is 2.06. The molecule has 0 aliphatic rings. The van der Waals surface area contributed by atoms with Crippen molar-refractivity contribution in [1.29, 1.82) is 0 Å². The fourth-order valence-corrected chi connectivity index (χ4v) is 1.84. The van der Waals surface area contributed by atoms with Crippen LogP contribution in [0.15, 0.2) is 18.5 Å². The molecule has 1 atom stereocenters. The molecule has 0 saturated heterocycles. The van der Waals surface area contributed by atoms with Crippen LogP contribution in [0.5, 0.6) is 0 Å². The van der Waals surface area contributed by atoms with Crippen molar-refractivity contribution in [2.45, 2.75) is 52.4 Å². The van der Waals surface area contributed by atoms with Crippen LogP contribution < -0.4 is 10.6 Å². The fourth-order valence-electron chi connectivity index (χ4n) is 1.84. The van der Waals surface area contributed by atoms with Gasteiger partial charge in [0.2, 0.25) is 5.91 Å². The summed E-state index contributed by atoms with van der Waals surface area (Å²) in [4.78, 5) is 11.8. The quantitative estimate of drug-likeness (QED) is 0.797. The summed E-state index contributed by atoms with van der Waals surface area (Å²) in [5, 5.41) is 6.32. The van der Waals surface area contributed by atoms with Crippen LogP contribution in [0.4, 0.5) is 0 Å². The zero-order chi connectivity index (χ0) is 15.2. The number of hydrogen-bond acceptors (Lipinski definition) is 3. The molecule has 0 bridgehead atoms. The molecule has 1 heterocycles. The predicted molar refractivity (Wildman–Crippen MR) is 80.5 cm³/mol. The van der Waals surface area contributed by atoms with Gasteiger partial charge >= 0.3 is 0 Å². The summed E-state index contributed by atoms with van der Waals surface area (Å²) in [6.45, 7) is 9.99. The van der Waals surface area contributed by atoms with Gasteiger partial charge in [-0.15, -0.1) is 0 Å².